The van der Waals surface area contributed by atoms with Crippen molar-refractivity contribution in [2.45, 2.75) is 50.6 Å². The summed E-state index contributed by atoms with van der Waals surface area (Å²) in [6, 6.07) is 30.4. The van der Waals surface area contributed by atoms with Crippen LogP contribution in [0.25, 0.3) is 10.8 Å². The summed E-state index contributed by atoms with van der Waals surface area (Å²) in [5.74, 6) is 0.196. The number of nitrogens with one attached hydrogen (secondary N) is 2. The van der Waals surface area contributed by atoms with Crippen LogP contribution in [0, 0.1) is 0 Å². The molecule has 4 aromatic rings. The van der Waals surface area contributed by atoms with E-state index in [1.165, 1.54) is 34.7 Å². The summed E-state index contributed by atoms with van der Waals surface area (Å²) in [5, 5.41) is 8.69. The minimum atomic E-state index is -0.596. The van der Waals surface area contributed by atoms with Crippen LogP contribution in [-0.2, 0) is 0 Å². The van der Waals surface area contributed by atoms with Gasteiger partial charge in [0.15, 0.2) is 0 Å². The van der Waals surface area contributed by atoms with Gasteiger partial charge in [-0.2, -0.15) is 0 Å². The molecule has 1 aliphatic carbocycles. The molecule has 4 aromatic carbocycles. The van der Waals surface area contributed by atoms with Crippen molar-refractivity contribution < 1.29 is 9.59 Å². The van der Waals surface area contributed by atoms with E-state index in [4.69, 9.17) is 11.6 Å². The third kappa shape index (κ3) is 5.76. The molecule has 0 heterocycles. The lowest BCUT2D eigenvalue weighted by Gasteiger charge is -2.32. The zero-order valence-corrected chi connectivity index (χ0v) is 21.7. The first-order chi connectivity index (χ1) is 18.0. The summed E-state index contributed by atoms with van der Waals surface area (Å²) in [6.45, 7) is 2.26. The van der Waals surface area contributed by atoms with Gasteiger partial charge < -0.3 is 10.6 Å². The summed E-state index contributed by atoms with van der Waals surface area (Å²) in [7, 11) is 0. The van der Waals surface area contributed by atoms with E-state index in [-0.39, 0.29) is 17.5 Å². The number of carbonyl (C=O) groups is 2. The van der Waals surface area contributed by atoms with Crippen LogP contribution < -0.4 is 10.6 Å². The molecule has 0 radical (unpaired) electrons. The molecule has 0 bridgehead atoms. The first-order valence-corrected chi connectivity index (χ1v) is 13.3. The minimum absolute atomic E-state index is 0.260. The molecule has 4 nitrogen and oxygen atoms in total. The van der Waals surface area contributed by atoms with Gasteiger partial charge in [-0.25, -0.2) is 0 Å². The SMILES string of the molecule is C[C@@H](N[C@H]1CCC[C@H](c2ccc(C(=O)Nc3ccccc3C(=O)Cl)cc2)C1)c1cccc2ccccc12. The molecular formula is C32H31ClN2O2. The number of hydrogen-bond acceptors (Lipinski definition) is 3. The van der Waals surface area contributed by atoms with Crippen molar-refractivity contribution in [3.8, 4) is 0 Å². The van der Waals surface area contributed by atoms with Crippen LogP contribution in [0.5, 0.6) is 0 Å². The van der Waals surface area contributed by atoms with E-state index in [2.05, 4.69) is 72.2 Å². The molecule has 0 aliphatic heterocycles. The van der Waals surface area contributed by atoms with Gasteiger partial charge in [0, 0.05) is 17.6 Å². The van der Waals surface area contributed by atoms with Gasteiger partial charge in [-0.05, 0) is 89.9 Å². The standard InChI is InChI=1S/C32H31ClN2O2/c1-21(27-14-7-9-23-8-2-3-12-28(23)27)34-26-11-6-10-25(20-26)22-16-18-24(19-17-22)32(37)35-30-15-5-4-13-29(30)31(33)36/h2-5,7-9,12-19,21,25-26,34H,6,10-11,20H2,1H3,(H,35,37)/t21-,25+,26+/m1/s1. The number of rotatable bonds is 7. The van der Waals surface area contributed by atoms with Crippen molar-refractivity contribution in [1.82, 2.24) is 5.32 Å². The highest BCUT2D eigenvalue weighted by Gasteiger charge is 2.25. The summed E-state index contributed by atoms with van der Waals surface area (Å²) in [6.07, 6.45) is 4.57. The molecule has 0 aromatic heterocycles. The van der Waals surface area contributed by atoms with Crippen LogP contribution >= 0.6 is 11.6 Å². The average Bonchev–Trinajstić information content (AvgIpc) is 2.93. The molecule has 3 atom stereocenters. The Morgan fingerprint density at radius 1 is 0.865 bits per heavy atom. The molecule has 1 fully saturated rings. The van der Waals surface area contributed by atoms with Crippen LogP contribution in [0.15, 0.2) is 91.0 Å². The number of hydrogen-bond donors (Lipinski definition) is 2. The molecule has 1 amide bonds. The van der Waals surface area contributed by atoms with Crippen LogP contribution in [0.3, 0.4) is 0 Å². The number of amides is 1. The minimum Gasteiger partial charge on any atom is -0.321 e. The van der Waals surface area contributed by atoms with Gasteiger partial charge in [0.2, 0.25) is 0 Å². The Labute approximate surface area is 223 Å². The highest BCUT2D eigenvalue weighted by molar-refractivity contribution is 6.68. The highest BCUT2D eigenvalue weighted by Crippen LogP contribution is 2.35. The Morgan fingerprint density at radius 3 is 2.41 bits per heavy atom. The normalized spacial score (nSPS) is 18.3. The Hall–Kier alpha value is -3.47. The number of fused-ring (bicyclic) bond motifs is 1. The van der Waals surface area contributed by atoms with Gasteiger partial charge in [-0.1, -0.05) is 73.2 Å². The lowest BCUT2D eigenvalue weighted by molar-refractivity contribution is 0.102. The fourth-order valence-corrected chi connectivity index (χ4v) is 5.74. The second-order valence-corrected chi connectivity index (χ2v) is 10.3. The quantitative estimate of drug-likeness (QED) is 0.249. The van der Waals surface area contributed by atoms with Crippen molar-refractivity contribution in [3.05, 3.63) is 113 Å². The number of halogens is 1. The fourth-order valence-electron chi connectivity index (χ4n) is 5.58. The van der Waals surface area contributed by atoms with Crippen molar-refractivity contribution >= 4 is 39.2 Å². The third-order valence-corrected chi connectivity index (χ3v) is 7.68. The molecule has 5 heteroatoms. The Morgan fingerprint density at radius 2 is 1.59 bits per heavy atom. The molecule has 37 heavy (non-hydrogen) atoms. The van der Waals surface area contributed by atoms with E-state index in [0.717, 1.165) is 12.8 Å². The molecule has 2 N–H and O–H groups in total. The molecule has 0 unspecified atom stereocenters. The van der Waals surface area contributed by atoms with E-state index in [1.54, 1.807) is 24.3 Å². The third-order valence-electron chi connectivity index (χ3n) is 7.48. The Balaban J connectivity index is 1.24. The van der Waals surface area contributed by atoms with Crippen LogP contribution in [-0.4, -0.2) is 17.2 Å². The van der Waals surface area contributed by atoms with Gasteiger partial charge in [0.1, 0.15) is 0 Å². The smallest absolute Gasteiger partial charge is 0.255 e. The second-order valence-electron chi connectivity index (χ2n) is 9.91. The fraction of sp³-hybridized carbons (Fsp3) is 0.250. The number of benzene rings is 4. The lowest BCUT2D eigenvalue weighted by atomic mass is 9.80. The van der Waals surface area contributed by atoms with Crippen molar-refractivity contribution in [1.29, 1.82) is 0 Å². The first kappa shape index (κ1) is 25.2. The van der Waals surface area contributed by atoms with Crippen LogP contribution in [0.1, 0.15) is 76.4 Å². The predicted octanol–water partition coefficient (Wildman–Crippen LogP) is 7.85. The molecular weight excluding hydrogens is 480 g/mol. The first-order valence-electron chi connectivity index (χ1n) is 12.9. The number of anilines is 1. The largest absolute Gasteiger partial charge is 0.321 e. The highest BCUT2D eigenvalue weighted by atomic mass is 35.5. The van der Waals surface area contributed by atoms with Gasteiger partial charge in [0.25, 0.3) is 11.1 Å². The van der Waals surface area contributed by atoms with E-state index < -0.39 is 5.24 Å². The predicted molar refractivity (Wildman–Crippen MR) is 152 cm³/mol. The number of carbonyl (C=O) groups excluding carboxylic acids is 2. The maximum Gasteiger partial charge on any atom is 0.255 e. The monoisotopic (exact) mass is 510 g/mol. The zero-order valence-electron chi connectivity index (χ0n) is 20.9. The molecule has 0 spiro atoms. The summed E-state index contributed by atoms with van der Waals surface area (Å²) in [4.78, 5) is 24.4. The molecule has 188 valence electrons. The summed E-state index contributed by atoms with van der Waals surface area (Å²) < 4.78 is 0. The second kappa shape index (κ2) is 11.3. The number of para-hydroxylation sites is 1. The maximum atomic E-state index is 12.8. The van der Waals surface area contributed by atoms with Gasteiger partial charge >= 0.3 is 0 Å². The van der Waals surface area contributed by atoms with E-state index in [0.29, 0.717) is 23.2 Å². The summed E-state index contributed by atoms with van der Waals surface area (Å²) >= 11 is 5.65. The molecule has 1 saturated carbocycles. The molecule has 1 aliphatic rings. The van der Waals surface area contributed by atoms with Crippen LogP contribution in [0.2, 0.25) is 0 Å². The topological polar surface area (TPSA) is 58.2 Å². The van der Waals surface area contributed by atoms with Crippen molar-refractivity contribution in [2.75, 3.05) is 5.32 Å². The van der Waals surface area contributed by atoms with Crippen molar-refractivity contribution in [3.63, 3.8) is 0 Å². The van der Waals surface area contributed by atoms with Gasteiger partial charge in [-0.15, -0.1) is 0 Å². The van der Waals surface area contributed by atoms with Crippen LogP contribution in [0.4, 0.5) is 5.69 Å². The van der Waals surface area contributed by atoms with E-state index in [1.807, 2.05) is 12.1 Å². The molecule has 5 rings (SSSR count). The average molecular weight is 511 g/mol. The van der Waals surface area contributed by atoms with Gasteiger partial charge in [-0.3, -0.25) is 9.59 Å². The van der Waals surface area contributed by atoms with E-state index >= 15 is 0 Å². The maximum absolute atomic E-state index is 12.8. The summed E-state index contributed by atoms with van der Waals surface area (Å²) in [5.41, 5.74) is 3.85. The molecule has 0 saturated heterocycles. The van der Waals surface area contributed by atoms with Crippen molar-refractivity contribution in [2.24, 2.45) is 0 Å². The van der Waals surface area contributed by atoms with E-state index in [9.17, 15) is 9.59 Å². The zero-order chi connectivity index (χ0) is 25.8. The lowest BCUT2D eigenvalue weighted by Crippen LogP contribution is -2.35. The van der Waals surface area contributed by atoms with Gasteiger partial charge in [0.05, 0.1) is 11.3 Å². The Bertz CT molecular complexity index is 1410. The Kier molecular flexibility index (Phi) is 7.68.